The average molecular weight is 325 g/mol. The number of carbonyl (C=O) groups excluding carboxylic acids is 2. The Labute approximate surface area is 142 Å². The Kier molecular flexibility index (Phi) is 6.51. The van der Waals surface area contributed by atoms with Gasteiger partial charge in [0.1, 0.15) is 0 Å². The van der Waals surface area contributed by atoms with Crippen LogP contribution in [0.15, 0.2) is 54.6 Å². The maximum Gasteiger partial charge on any atom is 0.251 e. The second-order valence-electron chi connectivity index (χ2n) is 5.83. The average Bonchev–Trinajstić information content (AvgIpc) is 2.59. The van der Waals surface area contributed by atoms with E-state index in [0.717, 1.165) is 12.1 Å². The van der Waals surface area contributed by atoms with Crippen LogP contribution in [0.1, 0.15) is 21.5 Å². The van der Waals surface area contributed by atoms with Gasteiger partial charge in [-0.3, -0.25) is 9.59 Å². The molecule has 0 aliphatic heterocycles. The number of amides is 2. The van der Waals surface area contributed by atoms with Crippen molar-refractivity contribution in [2.24, 2.45) is 0 Å². The van der Waals surface area contributed by atoms with E-state index in [1.165, 1.54) is 5.56 Å². The number of nitrogens with one attached hydrogen (secondary N) is 2. The summed E-state index contributed by atoms with van der Waals surface area (Å²) in [4.78, 5) is 25.9. The molecule has 2 amide bonds. The van der Waals surface area contributed by atoms with Crippen LogP contribution in [0.4, 0.5) is 0 Å². The van der Waals surface area contributed by atoms with Crippen molar-refractivity contribution in [1.82, 2.24) is 15.5 Å². The maximum absolute atomic E-state index is 11.9. The molecule has 0 aliphatic carbocycles. The molecule has 2 N–H and O–H groups in total. The SMILES string of the molecule is CN(C)Cc1ccccc1CNC(=O)CNC(=O)c1ccccc1. The smallest absolute Gasteiger partial charge is 0.251 e. The first-order valence-electron chi connectivity index (χ1n) is 7.87. The topological polar surface area (TPSA) is 61.4 Å². The molecule has 5 nitrogen and oxygen atoms in total. The van der Waals surface area contributed by atoms with E-state index in [2.05, 4.69) is 21.6 Å². The highest BCUT2D eigenvalue weighted by atomic mass is 16.2. The van der Waals surface area contributed by atoms with Crippen LogP contribution in [-0.4, -0.2) is 37.4 Å². The van der Waals surface area contributed by atoms with Crippen LogP contribution in [0.5, 0.6) is 0 Å². The summed E-state index contributed by atoms with van der Waals surface area (Å²) < 4.78 is 0. The van der Waals surface area contributed by atoms with E-state index in [-0.39, 0.29) is 18.4 Å². The highest BCUT2D eigenvalue weighted by molar-refractivity contribution is 5.96. The van der Waals surface area contributed by atoms with Crippen LogP contribution in [0.3, 0.4) is 0 Å². The molecule has 0 aliphatic rings. The molecule has 0 radical (unpaired) electrons. The Bertz CT molecular complexity index is 684. The fourth-order valence-corrected chi connectivity index (χ4v) is 2.33. The second-order valence-corrected chi connectivity index (χ2v) is 5.83. The zero-order valence-corrected chi connectivity index (χ0v) is 14.1. The van der Waals surface area contributed by atoms with Crippen molar-refractivity contribution in [2.75, 3.05) is 20.6 Å². The van der Waals surface area contributed by atoms with Crippen LogP contribution in [0.25, 0.3) is 0 Å². The monoisotopic (exact) mass is 325 g/mol. The van der Waals surface area contributed by atoms with Gasteiger partial charge in [-0.15, -0.1) is 0 Å². The van der Waals surface area contributed by atoms with Gasteiger partial charge < -0.3 is 15.5 Å². The third-order valence-corrected chi connectivity index (χ3v) is 3.53. The summed E-state index contributed by atoms with van der Waals surface area (Å²) in [5, 5.41) is 5.47. The third-order valence-electron chi connectivity index (χ3n) is 3.53. The minimum atomic E-state index is -0.251. The lowest BCUT2D eigenvalue weighted by molar-refractivity contribution is -0.120. The van der Waals surface area contributed by atoms with E-state index in [1.807, 2.05) is 38.4 Å². The second kappa shape index (κ2) is 8.84. The molecule has 2 aromatic carbocycles. The molecule has 0 bridgehead atoms. The van der Waals surface area contributed by atoms with Crippen molar-refractivity contribution < 1.29 is 9.59 Å². The summed E-state index contributed by atoms with van der Waals surface area (Å²) in [6.45, 7) is 1.23. The number of rotatable bonds is 7. The first-order chi connectivity index (χ1) is 11.6. The molecule has 0 unspecified atom stereocenters. The van der Waals surface area contributed by atoms with Crippen LogP contribution in [-0.2, 0) is 17.9 Å². The number of hydrogen-bond acceptors (Lipinski definition) is 3. The Balaban J connectivity index is 1.82. The van der Waals surface area contributed by atoms with E-state index in [9.17, 15) is 9.59 Å². The summed E-state index contributed by atoms with van der Waals surface area (Å²) in [6.07, 6.45) is 0. The van der Waals surface area contributed by atoms with Gasteiger partial charge in [0, 0.05) is 18.7 Å². The van der Waals surface area contributed by atoms with Gasteiger partial charge in [-0.2, -0.15) is 0 Å². The lowest BCUT2D eigenvalue weighted by atomic mass is 10.1. The van der Waals surface area contributed by atoms with Crippen LogP contribution in [0, 0.1) is 0 Å². The van der Waals surface area contributed by atoms with Crippen molar-refractivity contribution in [2.45, 2.75) is 13.1 Å². The van der Waals surface area contributed by atoms with Crippen LogP contribution in [0.2, 0.25) is 0 Å². The first-order valence-corrected chi connectivity index (χ1v) is 7.87. The number of hydrogen-bond donors (Lipinski definition) is 2. The van der Waals surface area contributed by atoms with Gasteiger partial charge in [-0.1, -0.05) is 42.5 Å². The van der Waals surface area contributed by atoms with Crippen molar-refractivity contribution in [3.8, 4) is 0 Å². The molecule has 0 spiro atoms. The molecule has 0 heterocycles. The standard InChI is InChI=1S/C19H23N3O2/c1-22(2)14-17-11-7-6-10-16(17)12-20-18(23)13-21-19(24)15-8-4-3-5-9-15/h3-11H,12-14H2,1-2H3,(H,20,23)(H,21,24). The molecule has 2 aromatic rings. The van der Waals surface area contributed by atoms with E-state index in [4.69, 9.17) is 0 Å². The minimum Gasteiger partial charge on any atom is -0.350 e. The van der Waals surface area contributed by atoms with Crippen molar-refractivity contribution in [3.63, 3.8) is 0 Å². The molecule has 0 fully saturated rings. The first kappa shape index (κ1) is 17.7. The largest absolute Gasteiger partial charge is 0.350 e. The number of carbonyl (C=O) groups is 2. The normalized spacial score (nSPS) is 10.5. The highest BCUT2D eigenvalue weighted by Gasteiger charge is 2.08. The van der Waals surface area contributed by atoms with Crippen LogP contribution < -0.4 is 10.6 Å². The maximum atomic E-state index is 11.9. The number of benzene rings is 2. The van der Waals surface area contributed by atoms with E-state index in [1.54, 1.807) is 24.3 Å². The Morgan fingerprint density at radius 3 is 2.17 bits per heavy atom. The molecule has 126 valence electrons. The molecule has 0 atom stereocenters. The van der Waals surface area contributed by atoms with E-state index in [0.29, 0.717) is 12.1 Å². The molecule has 0 saturated heterocycles. The molecule has 0 saturated carbocycles. The minimum absolute atomic E-state index is 0.0381. The fourth-order valence-electron chi connectivity index (χ4n) is 2.33. The number of nitrogens with zero attached hydrogens (tertiary/aromatic N) is 1. The van der Waals surface area contributed by atoms with Gasteiger partial charge in [0.15, 0.2) is 0 Å². The summed E-state index contributed by atoms with van der Waals surface area (Å²) in [7, 11) is 4.02. The molecule has 0 aromatic heterocycles. The summed E-state index contributed by atoms with van der Waals surface area (Å²) in [6, 6.07) is 16.8. The lowest BCUT2D eigenvalue weighted by Crippen LogP contribution is -2.36. The van der Waals surface area contributed by atoms with Gasteiger partial charge in [0.05, 0.1) is 6.54 Å². The third kappa shape index (κ3) is 5.52. The fraction of sp³-hybridized carbons (Fsp3) is 0.263. The van der Waals surface area contributed by atoms with E-state index < -0.39 is 0 Å². The Morgan fingerprint density at radius 1 is 0.875 bits per heavy atom. The van der Waals surface area contributed by atoms with Gasteiger partial charge in [-0.05, 0) is 37.4 Å². The molecule has 5 heteroatoms. The summed E-state index contributed by atoms with van der Waals surface area (Å²) in [5.41, 5.74) is 2.80. The zero-order valence-electron chi connectivity index (χ0n) is 14.1. The highest BCUT2D eigenvalue weighted by Crippen LogP contribution is 2.10. The van der Waals surface area contributed by atoms with Crippen LogP contribution >= 0.6 is 0 Å². The quantitative estimate of drug-likeness (QED) is 0.816. The molecular weight excluding hydrogens is 302 g/mol. The van der Waals surface area contributed by atoms with Crippen molar-refractivity contribution >= 4 is 11.8 Å². The van der Waals surface area contributed by atoms with Gasteiger partial charge >= 0.3 is 0 Å². The lowest BCUT2D eigenvalue weighted by Gasteiger charge is -2.14. The molecule has 2 rings (SSSR count). The summed E-state index contributed by atoms with van der Waals surface area (Å²) in [5.74, 6) is -0.460. The van der Waals surface area contributed by atoms with Gasteiger partial charge in [-0.25, -0.2) is 0 Å². The van der Waals surface area contributed by atoms with Crippen molar-refractivity contribution in [3.05, 3.63) is 71.3 Å². The van der Waals surface area contributed by atoms with Crippen molar-refractivity contribution in [1.29, 1.82) is 0 Å². The molecule has 24 heavy (non-hydrogen) atoms. The van der Waals surface area contributed by atoms with Gasteiger partial charge in [0.2, 0.25) is 5.91 Å². The Hall–Kier alpha value is -2.66. The predicted molar refractivity (Wildman–Crippen MR) is 94.5 cm³/mol. The summed E-state index contributed by atoms with van der Waals surface area (Å²) >= 11 is 0. The zero-order chi connectivity index (χ0) is 17.4. The van der Waals surface area contributed by atoms with E-state index >= 15 is 0 Å². The molecular formula is C19H23N3O2. The van der Waals surface area contributed by atoms with Gasteiger partial charge in [0.25, 0.3) is 5.91 Å². The predicted octanol–water partition coefficient (Wildman–Crippen LogP) is 1.79. The Morgan fingerprint density at radius 2 is 1.50 bits per heavy atom.